The lowest BCUT2D eigenvalue weighted by Gasteiger charge is -2.31. The van der Waals surface area contributed by atoms with Gasteiger partial charge in [-0.25, -0.2) is 0 Å². The van der Waals surface area contributed by atoms with Crippen molar-refractivity contribution in [1.29, 1.82) is 0 Å². The highest BCUT2D eigenvalue weighted by Crippen LogP contribution is 2.40. The summed E-state index contributed by atoms with van der Waals surface area (Å²) in [5, 5.41) is 9.33. The Morgan fingerprint density at radius 2 is 1.26 bits per heavy atom. The molecule has 7 heteroatoms. The van der Waals surface area contributed by atoms with Crippen LogP contribution in [0.2, 0.25) is 0 Å². The van der Waals surface area contributed by atoms with Crippen molar-refractivity contribution in [1.82, 2.24) is 25.6 Å². The van der Waals surface area contributed by atoms with Gasteiger partial charge in [0.1, 0.15) is 11.5 Å². The minimum absolute atomic E-state index is 0.171. The van der Waals surface area contributed by atoms with Gasteiger partial charge in [-0.15, -0.1) is 0 Å². The summed E-state index contributed by atoms with van der Waals surface area (Å²) in [4.78, 5) is 38.5. The van der Waals surface area contributed by atoms with Crippen molar-refractivity contribution in [3.63, 3.8) is 0 Å². The van der Waals surface area contributed by atoms with Crippen LogP contribution in [0, 0.1) is 0 Å². The molecule has 3 aromatic heterocycles. The van der Waals surface area contributed by atoms with E-state index in [1.54, 1.807) is 0 Å². The van der Waals surface area contributed by atoms with Crippen LogP contribution in [0.15, 0.2) is 91.4 Å². The van der Waals surface area contributed by atoms with E-state index in [0.29, 0.717) is 13.0 Å². The molecule has 0 unspecified atom stereocenters. The van der Waals surface area contributed by atoms with Gasteiger partial charge in [0.25, 0.3) is 0 Å². The van der Waals surface area contributed by atoms with Crippen molar-refractivity contribution < 1.29 is 9.59 Å². The number of amides is 2. The molecule has 0 saturated heterocycles. The number of para-hydroxylation sites is 3. The lowest BCUT2D eigenvalue weighted by Crippen LogP contribution is -2.53. The molecule has 3 aromatic carbocycles. The largest absolute Gasteiger partial charge is 0.361 e. The summed E-state index contributed by atoms with van der Waals surface area (Å²) in [6.07, 6.45) is 10.4. The molecule has 0 aliphatic rings. The number of unbranched alkanes of at least 4 members (excludes halogenated alkanes) is 3. The molecule has 3 heterocycles. The van der Waals surface area contributed by atoms with E-state index in [0.717, 1.165) is 75.1 Å². The quantitative estimate of drug-likeness (QED) is 0.103. The van der Waals surface area contributed by atoms with E-state index in [1.165, 1.54) is 0 Å². The Hall–Kier alpha value is -4.78. The van der Waals surface area contributed by atoms with Crippen molar-refractivity contribution in [3.05, 3.63) is 108 Å². The SMILES string of the molecule is CCCCCCNC(=O)[C@H](Cc1c[nH]c2ccccc12)NC(=O)C(C)(c1c[nH]c2ccccc12)c1c[nH]c2ccccc12. The van der Waals surface area contributed by atoms with E-state index >= 15 is 0 Å². The summed E-state index contributed by atoms with van der Waals surface area (Å²) in [7, 11) is 0. The molecular weight excluding hydrogens is 534 g/mol. The molecule has 0 fully saturated rings. The smallest absolute Gasteiger partial charge is 0.242 e. The summed E-state index contributed by atoms with van der Waals surface area (Å²) < 4.78 is 0. The molecule has 2 amide bonds. The normalized spacial score (nSPS) is 12.6. The molecule has 220 valence electrons. The van der Waals surface area contributed by atoms with Crippen molar-refractivity contribution in [3.8, 4) is 0 Å². The number of carbonyl (C=O) groups is 2. The van der Waals surface area contributed by atoms with Gasteiger partial charge < -0.3 is 25.6 Å². The first-order valence-corrected chi connectivity index (χ1v) is 15.3. The molecule has 0 radical (unpaired) electrons. The van der Waals surface area contributed by atoms with Gasteiger partial charge >= 0.3 is 0 Å². The summed E-state index contributed by atoms with van der Waals surface area (Å²) >= 11 is 0. The fraction of sp³-hybridized carbons (Fsp3) is 0.278. The minimum Gasteiger partial charge on any atom is -0.361 e. The summed E-state index contributed by atoms with van der Waals surface area (Å²) in [5.41, 5.74) is 4.52. The second-order valence-corrected chi connectivity index (χ2v) is 11.6. The average Bonchev–Trinajstić information content (AvgIpc) is 3.77. The monoisotopic (exact) mass is 573 g/mol. The van der Waals surface area contributed by atoms with E-state index in [9.17, 15) is 9.59 Å². The maximum Gasteiger partial charge on any atom is 0.242 e. The molecule has 0 aliphatic carbocycles. The topological polar surface area (TPSA) is 106 Å². The Bertz CT molecular complexity index is 1800. The van der Waals surface area contributed by atoms with Crippen LogP contribution in [-0.4, -0.2) is 39.4 Å². The highest BCUT2D eigenvalue weighted by Gasteiger charge is 2.42. The van der Waals surface area contributed by atoms with Gasteiger partial charge in [-0.05, 0) is 48.2 Å². The minimum atomic E-state index is -1.10. The van der Waals surface area contributed by atoms with Gasteiger partial charge in [0, 0.05) is 64.3 Å². The van der Waals surface area contributed by atoms with Gasteiger partial charge in [-0.3, -0.25) is 9.59 Å². The Morgan fingerprint density at radius 3 is 1.86 bits per heavy atom. The van der Waals surface area contributed by atoms with Crippen LogP contribution < -0.4 is 10.6 Å². The number of rotatable bonds is 12. The number of benzene rings is 3. The van der Waals surface area contributed by atoms with Crippen LogP contribution in [0.4, 0.5) is 0 Å². The Morgan fingerprint density at radius 1 is 0.721 bits per heavy atom. The zero-order chi connectivity index (χ0) is 29.8. The van der Waals surface area contributed by atoms with Gasteiger partial charge in [0.2, 0.25) is 11.8 Å². The molecular formula is C36H39N5O2. The van der Waals surface area contributed by atoms with E-state index in [1.807, 2.05) is 98.3 Å². The van der Waals surface area contributed by atoms with Crippen LogP contribution in [0.3, 0.4) is 0 Å². The molecule has 6 rings (SSSR count). The van der Waals surface area contributed by atoms with E-state index in [2.05, 4.69) is 32.5 Å². The molecule has 1 atom stereocenters. The number of hydrogen-bond acceptors (Lipinski definition) is 2. The van der Waals surface area contributed by atoms with Crippen LogP contribution in [0.25, 0.3) is 32.7 Å². The summed E-state index contributed by atoms with van der Waals surface area (Å²) in [6.45, 7) is 4.71. The van der Waals surface area contributed by atoms with Crippen molar-refractivity contribution in [2.24, 2.45) is 0 Å². The third kappa shape index (κ3) is 5.43. The maximum absolute atomic E-state index is 14.7. The summed E-state index contributed by atoms with van der Waals surface area (Å²) in [6, 6.07) is 23.3. The lowest BCUT2D eigenvalue weighted by atomic mass is 9.75. The first-order chi connectivity index (χ1) is 21.0. The Kier molecular flexibility index (Phi) is 8.05. The number of H-pyrrole nitrogens is 3. The van der Waals surface area contributed by atoms with Gasteiger partial charge in [-0.2, -0.15) is 0 Å². The maximum atomic E-state index is 14.7. The number of fused-ring (bicyclic) bond motifs is 3. The first-order valence-electron chi connectivity index (χ1n) is 15.3. The van der Waals surface area contributed by atoms with Crippen molar-refractivity contribution >= 4 is 44.5 Å². The van der Waals surface area contributed by atoms with Crippen LogP contribution in [0.5, 0.6) is 0 Å². The number of hydrogen-bond donors (Lipinski definition) is 5. The molecule has 43 heavy (non-hydrogen) atoms. The van der Waals surface area contributed by atoms with Crippen LogP contribution in [-0.2, 0) is 21.4 Å². The predicted molar refractivity (Wildman–Crippen MR) is 174 cm³/mol. The van der Waals surface area contributed by atoms with Crippen molar-refractivity contribution in [2.75, 3.05) is 6.54 Å². The Labute approximate surface area is 251 Å². The lowest BCUT2D eigenvalue weighted by molar-refractivity contribution is -0.131. The zero-order valence-electron chi connectivity index (χ0n) is 24.8. The van der Waals surface area contributed by atoms with Crippen molar-refractivity contribution in [2.45, 2.75) is 57.4 Å². The number of nitrogens with one attached hydrogen (secondary N) is 5. The van der Waals surface area contributed by atoms with Crippen LogP contribution >= 0.6 is 0 Å². The molecule has 0 bridgehead atoms. The predicted octanol–water partition coefficient (Wildman–Crippen LogP) is 6.86. The number of aromatic amines is 3. The molecule has 7 nitrogen and oxygen atoms in total. The average molecular weight is 574 g/mol. The van der Waals surface area contributed by atoms with E-state index in [4.69, 9.17) is 0 Å². The Balaban J connectivity index is 1.38. The second kappa shape index (κ2) is 12.2. The second-order valence-electron chi connectivity index (χ2n) is 11.6. The fourth-order valence-corrected chi connectivity index (χ4v) is 6.28. The third-order valence-corrected chi connectivity index (χ3v) is 8.76. The van der Waals surface area contributed by atoms with Crippen LogP contribution in [0.1, 0.15) is 56.2 Å². The first kappa shape index (κ1) is 28.3. The molecule has 0 saturated carbocycles. The van der Waals surface area contributed by atoms with Gasteiger partial charge in [0.15, 0.2) is 0 Å². The van der Waals surface area contributed by atoms with Gasteiger partial charge in [0.05, 0.1) is 0 Å². The standard InChI is InChI=1S/C36H39N5O2/c1-3-4-5-12-19-37-34(42)33(20-24-21-38-30-16-9-6-13-25(24)30)41-35(43)36(2,28-22-39-31-17-10-7-14-26(28)31)29-23-40-32-18-11-8-15-27(29)32/h6-11,13-18,21-23,33,38-40H,3-5,12,19-20H2,1-2H3,(H,37,42)(H,41,43)/t33-/m0/s1. The fourth-order valence-electron chi connectivity index (χ4n) is 6.28. The third-order valence-electron chi connectivity index (χ3n) is 8.76. The highest BCUT2D eigenvalue weighted by molar-refractivity contribution is 6.03. The zero-order valence-corrected chi connectivity index (χ0v) is 24.8. The molecule has 0 spiro atoms. The number of aromatic nitrogens is 3. The van der Waals surface area contributed by atoms with E-state index in [-0.39, 0.29) is 11.8 Å². The molecule has 5 N–H and O–H groups in total. The summed E-state index contributed by atoms with van der Waals surface area (Å²) in [5.74, 6) is -0.400. The highest BCUT2D eigenvalue weighted by atomic mass is 16.2. The molecule has 6 aromatic rings. The van der Waals surface area contributed by atoms with Gasteiger partial charge in [-0.1, -0.05) is 80.8 Å². The van der Waals surface area contributed by atoms with E-state index < -0.39 is 11.5 Å². The molecule has 0 aliphatic heterocycles. The number of carbonyl (C=O) groups excluding carboxylic acids is 2.